The zero-order valence-electron chi connectivity index (χ0n) is 14.9. The number of amides is 1. The number of nitrogens with zero attached hydrogens (tertiary/aromatic N) is 1. The minimum Gasteiger partial charge on any atom is -0.480 e. The van der Waals surface area contributed by atoms with Gasteiger partial charge in [-0.2, -0.15) is 0 Å². The minimum atomic E-state index is -1.18. The number of carbonyl (C=O) groups excluding carboxylic acids is 1. The lowest BCUT2D eigenvalue weighted by Gasteiger charge is -2.17. The van der Waals surface area contributed by atoms with Crippen molar-refractivity contribution in [2.75, 3.05) is 6.61 Å². The quantitative estimate of drug-likeness (QED) is 0.683. The Kier molecular flexibility index (Phi) is 4.80. The Bertz CT molecular complexity index is 954. The van der Waals surface area contributed by atoms with Crippen LogP contribution in [0.15, 0.2) is 65.5 Å². The normalized spacial score (nSPS) is 13.4. The molecule has 0 fully saturated rings. The number of ether oxygens (including phenoxy) is 1. The first-order chi connectivity index (χ1) is 13.6. The van der Waals surface area contributed by atoms with Crippen LogP contribution in [0.3, 0.4) is 0 Å². The van der Waals surface area contributed by atoms with E-state index in [-0.39, 0.29) is 18.9 Å². The van der Waals surface area contributed by atoms with Crippen LogP contribution in [0.2, 0.25) is 0 Å². The van der Waals surface area contributed by atoms with Crippen LogP contribution in [-0.4, -0.2) is 34.8 Å². The molecule has 0 saturated carbocycles. The Hall–Kier alpha value is -3.61. The molecule has 142 valence electrons. The van der Waals surface area contributed by atoms with Gasteiger partial charge >= 0.3 is 12.1 Å². The van der Waals surface area contributed by atoms with Gasteiger partial charge in [-0.1, -0.05) is 48.5 Å². The van der Waals surface area contributed by atoms with Gasteiger partial charge in [0.05, 0.1) is 6.20 Å². The second-order valence-electron chi connectivity index (χ2n) is 6.53. The molecule has 7 heteroatoms. The van der Waals surface area contributed by atoms with Gasteiger partial charge < -0.3 is 19.6 Å². The lowest BCUT2D eigenvalue weighted by Crippen LogP contribution is -2.42. The maximum absolute atomic E-state index is 12.2. The highest BCUT2D eigenvalue weighted by atomic mass is 16.5. The number of aromatic nitrogens is 1. The molecule has 4 rings (SSSR count). The Morgan fingerprint density at radius 2 is 1.75 bits per heavy atom. The highest BCUT2D eigenvalue weighted by Crippen LogP contribution is 2.44. The molecular weight excluding hydrogens is 360 g/mol. The third-order valence-corrected chi connectivity index (χ3v) is 4.82. The van der Waals surface area contributed by atoms with E-state index in [2.05, 4.69) is 10.3 Å². The second-order valence-corrected chi connectivity index (χ2v) is 6.53. The first kappa shape index (κ1) is 17.8. The number of hydrogen-bond acceptors (Lipinski definition) is 5. The summed E-state index contributed by atoms with van der Waals surface area (Å²) in [7, 11) is 0. The number of carbonyl (C=O) groups is 2. The van der Waals surface area contributed by atoms with E-state index in [0.29, 0.717) is 5.76 Å². The molecule has 1 atom stereocenters. The summed E-state index contributed by atoms with van der Waals surface area (Å²) in [5, 5.41) is 11.7. The van der Waals surface area contributed by atoms with Crippen molar-refractivity contribution in [3.8, 4) is 11.1 Å². The molecule has 1 unspecified atom stereocenters. The van der Waals surface area contributed by atoms with E-state index in [1.165, 1.54) is 12.6 Å². The van der Waals surface area contributed by atoms with Gasteiger partial charge in [-0.25, -0.2) is 14.6 Å². The number of carboxylic acid groups (broad SMARTS) is 1. The third kappa shape index (κ3) is 3.46. The Morgan fingerprint density at radius 1 is 1.11 bits per heavy atom. The van der Waals surface area contributed by atoms with Gasteiger partial charge in [0.25, 0.3) is 0 Å². The molecule has 3 aromatic rings. The Morgan fingerprint density at radius 3 is 2.32 bits per heavy atom. The monoisotopic (exact) mass is 378 g/mol. The first-order valence-electron chi connectivity index (χ1n) is 8.85. The van der Waals surface area contributed by atoms with Gasteiger partial charge in [-0.3, -0.25) is 0 Å². The zero-order chi connectivity index (χ0) is 19.5. The van der Waals surface area contributed by atoms with Gasteiger partial charge in [0, 0.05) is 12.3 Å². The van der Waals surface area contributed by atoms with Gasteiger partial charge in [-0.15, -0.1) is 0 Å². The summed E-state index contributed by atoms with van der Waals surface area (Å²) in [6, 6.07) is 14.8. The van der Waals surface area contributed by atoms with E-state index >= 15 is 0 Å². The number of aliphatic carboxylic acids is 1. The molecule has 2 aromatic carbocycles. The van der Waals surface area contributed by atoms with Crippen LogP contribution in [0.4, 0.5) is 4.79 Å². The molecule has 1 amide bonds. The van der Waals surface area contributed by atoms with Crippen molar-refractivity contribution in [3.05, 3.63) is 78.0 Å². The first-order valence-corrected chi connectivity index (χ1v) is 8.85. The molecule has 0 spiro atoms. The van der Waals surface area contributed by atoms with Crippen molar-refractivity contribution in [3.63, 3.8) is 0 Å². The van der Waals surface area contributed by atoms with E-state index in [1.54, 1.807) is 0 Å². The lowest BCUT2D eigenvalue weighted by atomic mass is 9.98. The number of rotatable bonds is 6. The number of carboxylic acids is 1. The Labute approximate surface area is 161 Å². The molecule has 28 heavy (non-hydrogen) atoms. The topological polar surface area (TPSA) is 102 Å². The molecule has 0 saturated heterocycles. The minimum absolute atomic E-state index is 0.0144. The number of benzene rings is 2. The predicted octanol–water partition coefficient (Wildman–Crippen LogP) is 3.21. The fourth-order valence-corrected chi connectivity index (χ4v) is 3.53. The van der Waals surface area contributed by atoms with E-state index < -0.39 is 18.1 Å². The zero-order valence-corrected chi connectivity index (χ0v) is 14.9. The largest absolute Gasteiger partial charge is 0.480 e. The molecule has 0 bridgehead atoms. The van der Waals surface area contributed by atoms with Crippen molar-refractivity contribution >= 4 is 12.1 Å². The highest BCUT2D eigenvalue weighted by Gasteiger charge is 2.30. The molecule has 0 radical (unpaired) electrons. The van der Waals surface area contributed by atoms with Crippen LogP contribution in [0.5, 0.6) is 0 Å². The van der Waals surface area contributed by atoms with E-state index in [9.17, 15) is 14.7 Å². The van der Waals surface area contributed by atoms with Gasteiger partial charge in [0.15, 0.2) is 6.39 Å². The van der Waals surface area contributed by atoms with Crippen molar-refractivity contribution in [1.82, 2.24) is 10.3 Å². The number of fused-ring (bicyclic) bond motifs is 3. The maximum atomic E-state index is 12.2. The fourth-order valence-electron chi connectivity index (χ4n) is 3.53. The summed E-state index contributed by atoms with van der Waals surface area (Å²) in [5.74, 6) is -0.896. The molecule has 1 aliphatic carbocycles. The fraction of sp³-hybridized carbons (Fsp3) is 0.190. The van der Waals surface area contributed by atoms with Crippen LogP contribution in [0.1, 0.15) is 22.8 Å². The average Bonchev–Trinajstić information content (AvgIpc) is 3.32. The summed E-state index contributed by atoms with van der Waals surface area (Å²) in [5.41, 5.74) is 4.43. The summed E-state index contributed by atoms with van der Waals surface area (Å²) in [6.07, 6.45) is 1.82. The van der Waals surface area contributed by atoms with Crippen molar-refractivity contribution < 1.29 is 23.8 Å². The van der Waals surface area contributed by atoms with Crippen molar-refractivity contribution in [2.24, 2.45) is 0 Å². The van der Waals surface area contributed by atoms with Crippen LogP contribution >= 0.6 is 0 Å². The summed E-state index contributed by atoms with van der Waals surface area (Å²) in [4.78, 5) is 27.4. The molecule has 7 nitrogen and oxygen atoms in total. The van der Waals surface area contributed by atoms with Crippen LogP contribution in [-0.2, 0) is 16.0 Å². The third-order valence-electron chi connectivity index (χ3n) is 4.82. The Balaban J connectivity index is 1.44. The second kappa shape index (κ2) is 7.56. The number of oxazole rings is 1. The molecule has 0 aliphatic heterocycles. The van der Waals surface area contributed by atoms with Crippen molar-refractivity contribution in [1.29, 1.82) is 0 Å². The van der Waals surface area contributed by atoms with Crippen LogP contribution in [0.25, 0.3) is 11.1 Å². The van der Waals surface area contributed by atoms with Gasteiger partial charge in [-0.05, 0) is 22.3 Å². The molecule has 2 N–H and O–H groups in total. The molecule has 1 aliphatic rings. The summed E-state index contributed by atoms with van der Waals surface area (Å²) in [6.45, 7) is 0.120. The lowest BCUT2D eigenvalue weighted by molar-refractivity contribution is -0.139. The number of hydrogen-bond donors (Lipinski definition) is 2. The predicted molar refractivity (Wildman–Crippen MR) is 99.8 cm³/mol. The number of nitrogens with one attached hydrogen (secondary N) is 1. The standard InChI is InChI=1S/C21H18N2O5/c24-20(25)19(9-13-10-22-12-28-13)23-21(26)27-11-18-16-7-3-1-5-14(16)15-6-2-4-8-17(15)18/h1-8,10,12,18-19H,9,11H2,(H,23,26)(H,24,25). The van der Waals surface area contributed by atoms with E-state index in [0.717, 1.165) is 22.3 Å². The van der Waals surface area contributed by atoms with E-state index in [4.69, 9.17) is 9.15 Å². The van der Waals surface area contributed by atoms with E-state index in [1.807, 2.05) is 48.5 Å². The molecular formula is C21H18N2O5. The van der Waals surface area contributed by atoms with Crippen LogP contribution < -0.4 is 5.32 Å². The summed E-state index contributed by atoms with van der Waals surface area (Å²) >= 11 is 0. The molecule has 1 aromatic heterocycles. The van der Waals surface area contributed by atoms with Gasteiger partial charge in [0.1, 0.15) is 18.4 Å². The maximum Gasteiger partial charge on any atom is 0.407 e. The van der Waals surface area contributed by atoms with Crippen LogP contribution in [0, 0.1) is 0 Å². The SMILES string of the molecule is O=C(NC(Cc1cnco1)C(=O)O)OCC1c2ccccc2-c2ccccc21. The average molecular weight is 378 g/mol. The highest BCUT2D eigenvalue weighted by molar-refractivity contribution is 5.81. The van der Waals surface area contributed by atoms with Gasteiger partial charge in [0.2, 0.25) is 0 Å². The van der Waals surface area contributed by atoms with Crippen molar-refractivity contribution in [2.45, 2.75) is 18.4 Å². The number of alkyl carbamates (subject to hydrolysis) is 1. The molecule has 1 heterocycles. The summed E-state index contributed by atoms with van der Waals surface area (Å²) < 4.78 is 10.4. The smallest absolute Gasteiger partial charge is 0.407 e.